The van der Waals surface area contributed by atoms with Gasteiger partial charge in [-0.05, 0) is 30.9 Å². The Morgan fingerprint density at radius 3 is 2.62 bits per heavy atom. The van der Waals surface area contributed by atoms with E-state index in [1.165, 1.54) is 24.9 Å². The molecule has 114 valence electrons. The number of anilines is 1. The van der Waals surface area contributed by atoms with E-state index < -0.39 is 5.97 Å². The molecule has 1 aromatic rings. The molecule has 0 bridgehead atoms. The summed E-state index contributed by atoms with van der Waals surface area (Å²) in [5.41, 5.74) is 6.22. The molecule has 0 aliphatic heterocycles. The summed E-state index contributed by atoms with van der Waals surface area (Å²) in [6.45, 7) is 0.508. The Labute approximate surface area is 123 Å². The summed E-state index contributed by atoms with van der Waals surface area (Å²) in [6.07, 6.45) is 8.45. The summed E-state index contributed by atoms with van der Waals surface area (Å²) < 4.78 is 0. The van der Waals surface area contributed by atoms with Crippen molar-refractivity contribution in [3.8, 4) is 0 Å². The molecule has 1 aromatic heterocycles. The number of hydrogen-bond acceptors (Lipinski definition) is 4. The van der Waals surface area contributed by atoms with Crippen LogP contribution in [0.5, 0.6) is 0 Å². The van der Waals surface area contributed by atoms with Gasteiger partial charge in [-0.15, -0.1) is 0 Å². The number of nitrogens with two attached hydrogens (primary N) is 1. The molecule has 2 rings (SSSR count). The standard InChI is InChI=1S/C15H21N3O3/c16-10-15(4-2-1-3-5-15)7-13(19)18-12-6-11(14(20)21)8-17-9-12/h6,8-9H,1-5,7,10,16H2,(H,18,19)(H,20,21). The van der Waals surface area contributed by atoms with Crippen LogP contribution in [0.25, 0.3) is 0 Å². The van der Waals surface area contributed by atoms with Gasteiger partial charge in [0.15, 0.2) is 0 Å². The summed E-state index contributed by atoms with van der Waals surface area (Å²) in [7, 11) is 0. The third-order valence-corrected chi connectivity index (χ3v) is 4.15. The SMILES string of the molecule is NCC1(CC(=O)Nc2cncc(C(=O)O)c2)CCCCC1. The summed E-state index contributed by atoms with van der Waals surface area (Å²) >= 11 is 0. The van der Waals surface area contributed by atoms with Gasteiger partial charge in [0, 0.05) is 12.6 Å². The number of carbonyl (C=O) groups is 2. The lowest BCUT2D eigenvalue weighted by molar-refractivity contribution is -0.118. The summed E-state index contributed by atoms with van der Waals surface area (Å²) in [5, 5.41) is 11.6. The van der Waals surface area contributed by atoms with E-state index in [0.29, 0.717) is 18.7 Å². The fraction of sp³-hybridized carbons (Fsp3) is 0.533. The molecule has 1 amide bonds. The maximum atomic E-state index is 12.2. The molecule has 1 aliphatic carbocycles. The molecule has 1 heterocycles. The van der Waals surface area contributed by atoms with E-state index in [9.17, 15) is 9.59 Å². The maximum absolute atomic E-state index is 12.2. The van der Waals surface area contributed by atoms with Gasteiger partial charge in [0.2, 0.25) is 5.91 Å². The van der Waals surface area contributed by atoms with Crippen molar-refractivity contribution < 1.29 is 14.7 Å². The second kappa shape index (κ2) is 6.67. The number of aromatic nitrogens is 1. The Morgan fingerprint density at radius 1 is 1.29 bits per heavy atom. The Balaban J connectivity index is 2.00. The van der Waals surface area contributed by atoms with E-state index in [0.717, 1.165) is 25.7 Å². The molecule has 1 fully saturated rings. The number of carbonyl (C=O) groups excluding carboxylic acids is 1. The summed E-state index contributed by atoms with van der Waals surface area (Å²) in [6, 6.07) is 1.41. The average Bonchev–Trinajstić information content (AvgIpc) is 2.48. The third kappa shape index (κ3) is 4.01. The molecule has 0 saturated heterocycles. The van der Waals surface area contributed by atoms with Crippen LogP contribution in [0.3, 0.4) is 0 Å². The summed E-state index contributed by atoms with van der Waals surface area (Å²) in [5.74, 6) is -1.20. The first-order valence-electron chi connectivity index (χ1n) is 7.23. The number of aromatic carboxylic acids is 1. The Hall–Kier alpha value is -1.95. The predicted molar refractivity (Wildman–Crippen MR) is 79.0 cm³/mol. The smallest absolute Gasteiger partial charge is 0.337 e. The van der Waals surface area contributed by atoms with E-state index in [4.69, 9.17) is 10.8 Å². The van der Waals surface area contributed by atoms with Crippen LogP contribution in [0.4, 0.5) is 5.69 Å². The first-order valence-corrected chi connectivity index (χ1v) is 7.23. The van der Waals surface area contributed by atoms with E-state index in [1.54, 1.807) is 0 Å². The molecular weight excluding hydrogens is 270 g/mol. The van der Waals surface area contributed by atoms with E-state index >= 15 is 0 Å². The van der Waals surface area contributed by atoms with Gasteiger partial charge >= 0.3 is 5.97 Å². The minimum absolute atomic E-state index is 0.0546. The Morgan fingerprint density at radius 2 is 2.00 bits per heavy atom. The maximum Gasteiger partial charge on any atom is 0.337 e. The van der Waals surface area contributed by atoms with Crippen molar-refractivity contribution in [2.75, 3.05) is 11.9 Å². The zero-order valence-corrected chi connectivity index (χ0v) is 12.0. The molecule has 1 saturated carbocycles. The zero-order valence-electron chi connectivity index (χ0n) is 12.0. The van der Waals surface area contributed by atoms with Gasteiger partial charge < -0.3 is 16.2 Å². The molecule has 0 unspecified atom stereocenters. The fourth-order valence-electron chi connectivity index (χ4n) is 2.93. The van der Waals surface area contributed by atoms with Gasteiger partial charge in [-0.3, -0.25) is 9.78 Å². The number of hydrogen-bond donors (Lipinski definition) is 3. The normalized spacial score (nSPS) is 17.2. The van der Waals surface area contributed by atoms with Crippen LogP contribution in [0.15, 0.2) is 18.5 Å². The minimum Gasteiger partial charge on any atom is -0.478 e. The number of nitrogens with one attached hydrogen (secondary N) is 1. The van der Waals surface area contributed by atoms with Crippen molar-refractivity contribution >= 4 is 17.6 Å². The molecule has 6 heteroatoms. The van der Waals surface area contributed by atoms with Crippen LogP contribution in [0, 0.1) is 5.41 Å². The summed E-state index contributed by atoms with van der Waals surface area (Å²) in [4.78, 5) is 26.9. The van der Waals surface area contributed by atoms with Crippen molar-refractivity contribution in [1.29, 1.82) is 0 Å². The van der Waals surface area contributed by atoms with E-state index in [1.807, 2.05) is 0 Å². The van der Waals surface area contributed by atoms with Gasteiger partial charge in [-0.25, -0.2) is 4.79 Å². The number of rotatable bonds is 5. The number of amides is 1. The second-order valence-corrected chi connectivity index (χ2v) is 5.76. The molecule has 0 aromatic carbocycles. The van der Waals surface area contributed by atoms with Crippen LogP contribution in [0.1, 0.15) is 48.9 Å². The van der Waals surface area contributed by atoms with Crippen molar-refractivity contribution in [1.82, 2.24) is 4.98 Å². The second-order valence-electron chi connectivity index (χ2n) is 5.76. The number of nitrogens with zero attached hydrogens (tertiary/aromatic N) is 1. The quantitative estimate of drug-likeness (QED) is 0.769. The topological polar surface area (TPSA) is 105 Å². The highest BCUT2D eigenvalue weighted by Gasteiger charge is 2.32. The van der Waals surface area contributed by atoms with Crippen molar-refractivity contribution in [3.63, 3.8) is 0 Å². The highest BCUT2D eigenvalue weighted by atomic mass is 16.4. The minimum atomic E-state index is -1.07. The van der Waals surface area contributed by atoms with Crippen LogP contribution in [-0.2, 0) is 4.79 Å². The van der Waals surface area contributed by atoms with Crippen molar-refractivity contribution in [3.05, 3.63) is 24.0 Å². The zero-order chi connectivity index (χ0) is 15.3. The highest BCUT2D eigenvalue weighted by Crippen LogP contribution is 2.38. The lowest BCUT2D eigenvalue weighted by Gasteiger charge is -2.35. The number of pyridine rings is 1. The first-order chi connectivity index (χ1) is 10.0. The van der Waals surface area contributed by atoms with Crippen LogP contribution >= 0.6 is 0 Å². The molecule has 6 nitrogen and oxygen atoms in total. The molecule has 0 radical (unpaired) electrons. The van der Waals surface area contributed by atoms with Crippen molar-refractivity contribution in [2.45, 2.75) is 38.5 Å². The number of carboxylic acid groups (broad SMARTS) is 1. The molecule has 1 aliphatic rings. The Kier molecular flexibility index (Phi) is 4.90. The molecular formula is C15H21N3O3. The fourth-order valence-corrected chi connectivity index (χ4v) is 2.93. The van der Waals surface area contributed by atoms with Gasteiger partial charge in [0.05, 0.1) is 17.4 Å². The lowest BCUT2D eigenvalue weighted by atomic mass is 9.71. The lowest BCUT2D eigenvalue weighted by Crippen LogP contribution is -2.36. The van der Waals surface area contributed by atoms with E-state index in [-0.39, 0.29) is 16.9 Å². The van der Waals surface area contributed by atoms with Gasteiger partial charge in [0.25, 0.3) is 0 Å². The molecule has 0 atom stereocenters. The largest absolute Gasteiger partial charge is 0.478 e. The molecule has 4 N–H and O–H groups in total. The highest BCUT2D eigenvalue weighted by molar-refractivity contribution is 5.93. The Bertz CT molecular complexity index is 525. The van der Waals surface area contributed by atoms with Crippen LogP contribution in [0.2, 0.25) is 0 Å². The van der Waals surface area contributed by atoms with Crippen LogP contribution in [-0.4, -0.2) is 28.5 Å². The average molecular weight is 291 g/mol. The van der Waals surface area contributed by atoms with Crippen molar-refractivity contribution in [2.24, 2.45) is 11.1 Å². The van der Waals surface area contributed by atoms with Gasteiger partial charge in [-0.1, -0.05) is 19.3 Å². The third-order valence-electron chi connectivity index (χ3n) is 4.15. The first kappa shape index (κ1) is 15.4. The van der Waals surface area contributed by atoms with Gasteiger partial charge in [-0.2, -0.15) is 0 Å². The van der Waals surface area contributed by atoms with Crippen LogP contribution < -0.4 is 11.1 Å². The number of carboxylic acids is 1. The molecule has 0 spiro atoms. The predicted octanol–water partition coefficient (Wildman–Crippen LogP) is 2.02. The van der Waals surface area contributed by atoms with Gasteiger partial charge in [0.1, 0.15) is 0 Å². The van der Waals surface area contributed by atoms with E-state index in [2.05, 4.69) is 10.3 Å². The monoisotopic (exact) mass is 291 g/mol. The molecule has 21 heavy (non-hydrogen) atoms.